The van der Waals surface area contributed by atoms with Crippen molar-refractivity contribution in [2.75, 3.05) is 0 Å². The molecule has 3 heterocycles. The molecule has 4 N–H and O–H groups in total. The summed E-state index contributed by atoms with van der Waals surface area (Å²) >= 11 is 1.34. The quantitative estimate of drug-likeness (QED) is 0.664. The molecular weight excluding hydrogens is 337 g/mol. The molecular formula is C16H11F3N4S. The van der Waals surface area contributed by atoms with Gasteiger partial charge in [0.1, 0.15) is 17.5 Å². The maximum atomic E-state index is 14.3. The van der Waals surface area contributed by atoms with Gasteiger partial charge in [-0.1, -0.05) is 6.07 Å². The van der Waals surface area contributed by atoms with E-state index in [1.807, 2.05) is 5.38 Å². The molecule has 2 aromatic heterocycles. The van der Waals surface area contributed by atoms with E-state index in [2.05, 4.69) is 15.3 Å². The Labute approximate surface area is 138 Å². The molecule has 4 rings (SSSR count). The molecule has 8 heteroatoms. The second-order valence-corrected chi connectivity index (χ2v) is 6.21. The molecule has 1 aliphatic rings. The van der Waals surface area contributed by atoms with Gasteiger partial charge in [0.25, 0.3) is 0 Å². The number of halogens is 3. The predicted octanol–water partition coefficient (Wildman–Crippen LogP) is 3.48. The zero-order chi connectivity index (χ0) is 16.8. The van der Waals surface area contributed by atoms with Crippen molar-refractivity contribution < 1.29 is 13.2 Å². The van der Waals surface area contributed by atoms with Crippen LogP contribution in [0.3, 0.4) is 0 Å². The van der Waals surface area contributed by atoms with Crippen LogP contribution in [0.25, 0.3) is 16.6 Å². The van der Waals surface area contributed by atoms with Gasteiger partial charge in [0, 0.05) is 23.2 Å². The first kappa shape index (κ1) is 15.0. The van der Waals surface area contributed by atoms with Crippen LogP contribution in [0.5, 0.6) is 0 Å². The summed E-state index contributed by atoms with van der Waals surface area (Å²) in [7, 11) is 0. The number of aromatic nitrogens is 1. The second kappa shape index (κ2) is 5.50. The van der Waals surface area contributed by atoms with Crippen LogP contribution in [0.1, 0.15) is 10.4 Å². The van der Waals surface area contributed by atoms with Crippen molar-refractivity contribution in [3.8, 4) is 0 Å². The number of H-pyrrole nitrogens is 1. The van der Waals surface area contributed by atoms with E-state index in [1.54, 1.807) is 12.1 Å². The van der Waals surface area contributed by atoms with Crippen LogP contribution in [0.4, 0.5) is 13.2 Å². The fourth-order valence-electron chi connectivity index (χ4n) is 2.64. The van der Waals surface area contributed by atoms with Crippen molar-refractivity contribution in [1.82, 2.24) is 10.3 Å². The first-order valence-corrected chi connectivity index (χ1v) is 7.93. The molecule has 0 bridgehead atoms. The fourth-order valence-corrected chi connectivity index (χ4v) is 3.37. The molecule has 1 unspecified atom stereocenters. The van der Waals surface area contributed by atoms with E-state index in [9.17, 15) is 13.2 Å². The molecule has 0 spiro atoms. The number of nitrogens with one attached hydrogen (secondary N) is 2. The molecule has 1 aliphatic heterocycles. The van der Waals surface area contributed by atoms with E-state index in [0.29, 0.717) is 15.8 Å². The Morgan fingerprint density at radius 1 is 1.21 bits per heavy atom. The Bertz CT molecular complexity index is 988. The number of benzene rings is 1. The van der Waals surface area contributed by atoms with Crippen molar-refractivity contribution in [2.24, 2.45) is 10.7 Å². The summed E-state index contributed by atoms with van der Waals surface area (Å²) in [5.41, 5.74) is 6.54. The number of hydrogen-bond acceptors (Lipinski definition) is 4. The largest absolute Gasteiger partial charge is 0.358 e. The smallest absolute Gasteiger partial charge is 0.164 e. The standard InChI is InChI=1S/C16H11F3N4S/c17-7-4-8-9(6-21-13(8)10(18)5-7)16-22-14(11-2-1-3-24-11)12(19)15(20)23-16/h1-6,15,21H,20H2,(H,22,23). The van der Waals surface area contributed by atoms with Crippen LogP contribution in [-0.2, 0) is 0 Å². The van der Waals surface area contributed by atoms with Crippen molar-refractivity contribution in [2.45, 2.75) is 6.17 Å². The van der Waals surface area contributed by atoms with Crippen LogP contribution >= 0.6 is 11.3 Å². The Balaban J connectivity index is 1.82. The van der Waals surface area contributed by atoms with Gasteiger partial charge in [0.2, 0.25) is 0 Å². The number of fused-ring (bicyclic) bond motifs is 1. The number of hydrogen-bond donors (Lipinski definition) is 3. The number of aromatic amines is 1. The van der Waals surface area contributed by atoms with Crippen molar-refractivity contribution in [3.63, 3.8) is 0 Å². The lowest BCUT2D eigenvalue weighted by molar-refractivity contribution is 0.544. The molecule has 0 fully saturated rings. The van der Waals surface area contributed by atoms with Crippen LogP contribution < -0.4 is 11.1 Å². The zero-order valence-corrected chi connectivity index (χ0v) is 12.9. The molecule has 0 aliphatic carbocycles. The summed E-state index contributed by atoms with van der Waals surface area (Å²) in [5.74, 6) is -1.75. The number of amidine groups is 1. The minimum absolute atomic E-state index is 0.150. The molecule has 1 atom stereocenters. The van der Waals surface area contributed by atoms with E-state index >= 15 is 0 Å². The number of rotatable bonds is 2. The van der Waals surface area contributed by atoms with Gasteiger partial charge in [0.15, 0.2) is 12.0 Å². The number of nitrogens with zero attached hydrogens (tertiary/aromatic N) is 1. The predicted molar refractivity (Wildman–Crippen MR) is 88.2 cm³/mol. The third-order valence-electron chi connectivity index (χ3n) is 3.74. The lowest BCUT2D eigenvalue weighted by atomic mass is 10.1. The first-order valence-electron chi connectivity index (χ1n) is 7.05. The highest BCUT2D eigenvalue weighted by Gasteiger charge is 2.26. The summed E-state index contributed by atoms with van der Waals surface area (Å²) in [6.07, 6.45) is 0.308. The van der Waals surface area contributed by atoms with E-state index in [0.717, 1.165) is 6.07 Å². The molecule has 0 radical (unpaired) electrons. The van der Waals surface area contributed by atoms with Gasteiger partial charge in [-0.25, -0.2) is 18.2 Å². The van der Waals surface area contributed by atoms with E-state index in [4.69, 9.17) is 5.73 Å². The van der Waals surface area contributed by atoms with Crippen molar-refractivity contribution in [1.29, 1.82) is 0 Å². The number of thiophene rings is 1. The normalized spacial score (nSPS) is 18.0. The highest BCUT2D eigenvalue weighted by Crippen LogP contribution is 2.29. The highest BCUT2D eigenvalue weighted by atomic mass is 32.1. The van der Waals surface area contributed by atoms with Crippen molar-refractivity contribution >= 4 is 33.8 Å². The maximum absolute atomic E-state index is 14.3. The molecule has 24 heavy (non-hydrogen) atoms. The lowest BCUT2D eigenvalue weighted by Crippen LogP contribution is -2.35. The average Bonchev–Trinajstić information content (AvgIpc) is 3.19. The van der Waals surface area contributed by atoms with Gasteiger partial charge in [-0.2, -0.15) is 0 Å². The van der Waals surface area contributed by atoms with E-state index in [-0.39, 0.29) is 17.0 Å². The average molecular weight is 348 g/mol. The summed E-state index contributed by atoms with van der Waals surface area (Å²) in [5, 5.41) is 5.00. The SMILES string of the molecule is NC1N=C(c2c[nH]c3c(F)cc(F)cc23)NC(c2cccs2)=C1F. The van der Waals surface area contributed by atoms with Gasteiger partial charge in [-0.3, -0.25) is 0 Å². The second-order valence-electron chi connectivity index (χ2n) is 5.26. The van der Waals surface area contributed by atoms with Gasteiger partial charge < -0.3 is 16.0 Å². The molecule has 0 saturated carbocycles. The van der Waals surface area contributed by atoms with Crippen molar-refractivity contribution in [3.05, 3.63) is 63.7 Å². The summed E-state index contributed by atoms with van der Waals surface area (Å²) in [4.78, 5) is 7.47. The van der Waals surface area contributed by atoms with E-state index in [1.165, 1.54) is 23.6 Å². The molecule has 4 nitrogen and oxygen atoms in total. The maximum Gasteiger partial charge on any atom is 0.164 e. The first-order chi connectivity index (χ1) is 11.5. The number of aliphatic imine (C=N–C) groups is 1. The monoisotopic (exact) mass is 348 g/mol. The number of nitrogens with two attached hydrogens (primary N) is 1. The minimum Gasteiger partial charge on any atom is -0.358 e. The van der Waals surface area contributed by atoms with Gasteiger partial charge in [-0.05, 0) is 17.5 Å². The summed E-state index contributed by atoms with van der Waals surface area (Å²) in [6.45, 7) is 0. The molecule has 0 saturated heterocycles. The van der Waals surface area contributed by atoms with Gasteiger partial charge in [-0.15, -0.1) is 11.3 Å². The summed E-state index contributed by atoms with van der Waals surface area (Å²) in [6, 6.07) is 5.52. The van der Waals surface area contributed by atoms with Crippen LogP contribution in [0.2, 0.25) is 0 Å². The Morgan fingerprint density at radius 3 is 2.79 bits per heavy atom. The molecule has 3 aromatic rings. The minimum atomic E-state index is -1.18. The third-order valence-corrected chi connectivity index (χ3v) is 4.63. The zero-order valence-electron chi connectivity index (χ0n) is 12.1. The fraction of sp³-hybridized carbons (Fsp3) is 0.0625. The Kier molecular flexibility index (Phi) is 3.43. The van der Waals surface area contributed by atoms with Crippen LogP contribution in [-0.4, -0.2) is 17.0 Å². The Morgan fingerprint density at radius 2 is 2.04 bits per heavy atom. The molecule has 122 valence electrons. The van der Waals surface area contributed by atoms with Crippen LogP contribution in [0.15, 0.2) is 46.7 Å². The van der Waals surface area contributed by atoms with Crippen LogP contribution in [0, 0.1) is 11.6 Å². The van der Waals surface area contributed by atoms with E-state index < -0.39 is 23.6 Å². The van der Waals surface area contributed by atoms with Gasteiger partial charge >= 0.3 is 0 Å². The van der Waals surface area contributed by atoms with Gasteiger partial charge in [0.05, 0.1) is 16.1 Å². The summed E-state index contributed by atoms with van der Waals surface area (Å²) < 4.78 is 41.7. The topological polar surface area (TPSA) is 66.2 Å². The third kappa shape index (κ3) is 2.31. The molecule has 0 amide bonds. The Hall–Kier alpha value is -2.58. The lowest BCUT2D eigenvalue weighted by Gasteiger charge is -2.21. The molecule has 1 aromatic carbocycles. The highest BCUT2D eigenvalue weighted by molar-refractivity contribution is 7.11.